The first kappa shape index (κ1) is 26.9. The van der Waals surface area contributed by atoms with Gasteiger partial charge in [-0.15, -0.1) is 11.6 Å². The fourth-order valence-electron chi connectivity index (χ4n) is 4.58. The third-order valence-electron chi connectivity index (χ3n) is 6.29. The third kappa shape index (κ3) is 8.53. The molecule has 2 N–H and O–H groups in total. The number of carbonyl (C=O) groups excluding carboxylic acids is 1. The lowest BCUT2D eigenvalue weighted by molar-refractivity contribution is -0.147. The summed E-state index contributed by atoms with van der Waals surface area (Å²) >= 11 is 6.61. The molecule has 5 atom stereocenters. The molecule has 0 saturated heterocycles. The van der Waals surface area contributed by atoms with Gasteiger partial charge >= 0.3 is 5.97 Å². The second kappa shape index (κ2) is 14.0. The molecule has 0 radical (unpaired) electrons. The van der Waals surface area contributed by atoms with Gasteiger partial charge in [-0.05, 0) is 63.0 Å². The number of unbranched alkanes of at least 4 members (excludes halogenated alkanes) is 3. The first-order valence-corrected chi connectivity index (χ1v) is 12.7. The van der Waals surface area contributed by atoms with E-state index < -0.39 is 12.2 Å². The number of rotatable bonds is 13. The zero-order valence-electron chi connectivity index (χ0n) is 19.9. The van der Waals surface area contributed by atoms with Crippen molar-refractivity contribution in [2.45, 2.75) is 108 Å². The van der Waals surface area contributed by atoms with Crippen LogP contribution in [0.4, 0.5) is 0 Å². The second-order valence-electron chi connectivity index (χ2n) is 9.32. The van der Waals surface area contributed by atoms with Gasteiger partial charge in [-0.2, -0.15) is 0 Å². The van der Waals surface area contributed by atoms with Crippen LogP contribution in [0.1, 0.15) is 102 Å². The summed E-state index contributed by atoms with van der Waals surface area (Å²) in [6.07, 6.45) is 10.8. The molecule has 0 unspecified atom stereocenters. The van der Waals surface area contributed by atoms with Gasteiger partial charge in [-0.3, -0.25) is 4.79 Å². The van der Waals surface area contributed by atoms with Crippen LogP contribution in [0.5, 0.6) is 0 Å². The Morgan fingerprint density at radius 1 is 1.19 bits per heavy atom. The van der Waals surface area contributed by atoms with Crippen molar-refractivity contribution in [3.05, 3.63) is 47.5 Å². The van der Waals surface area contributed by atoms with Crippen molar-refractivity contribution < 1.29 is 19.7 Å². The predicted molar refractivity (Wildman–Crippen MR) is 131 cm³/mol. The lowest BCUT2D eigenvalue weighted by Crippen LogP contribution is -2.18. The molecule has 0 spiro atoms. The van der Waals surface area contributed by atoms with Crippen molar-refractivity contribution in [2.75, 3.05) is 0 Å². The van der Waals surface area contributed by atoms with E-state index in [-0.39, 0.29) is 29.3 Å². The third-order valence-corrected chi connectivity index (χ3v) is 6.79. The van der Waals surface area contributed by atoms with Crippen LogP contribution in [0.3, 0.4) is 0 Å². The molecule has 180 valence electrons. The summed E-state index contributed by atoms with van der Waals surface area (Å²) in [5.74, 6) is 0.00994. The molecule has 0 heterocycles. The smallest absolute Gasteiger partial charge is 0.306 e. The molecule has 0 aromatic heterocycles. The quantitative estimate of drug-likeness (QED) is 0.152. The fourth-order valence-corrected chi connectivity index (χ4v) is 5.02. The number of allylic oxidation sites excluding steroid dienone is 2. The van der Waals surface area contributed by atoms with Crippen molar-refractivity contribution in [1.82, 2.24) is 0 Å². The predicted octanol–water partition coefficient (Wildman–Crippen LogP) is 6.44. The number of hydrogen-bond donors (Lipinski definition) is 2. The Kier molecular flexibility index (Phi) is 11.8. The molecule has 2 rings (SSSR count). The van der Waals surface area contributed by atoms with Crippen LogP contribution in [0.25, 0.3) is 0 Å². The highest BCUT2D eigenvalue weighted by molar-refractivity contribution is 6.21. The van der Waals surface area contributed by atoms with Gasteiger partial charge in [0.15, 0.2) is 0 Å². The minimum absolute atomic E-state index is 0.00514. The minimum atomic E-state index is -0.456. The van der Waals surface area contributed by atoms with Crippen LogP contribution < -0.4 is 0 Å². The molecule has 1 aromatic rings. The Bertz CT molecular complexity index is 700. The van der Waals surface area contributed by atoms with Gasteiger partial charge in [0, 0.05) is 17.7 Å². The van der Waals surface area contributed by atoms with E-state index in [4.69, 9.17) is 16.3 Å². The monoisotopic (exact) mass is 464 g/mol. The average molecular weight is 465 g/mol. The summed E-state index contributed by atoms with van der Waals surface area (Å²) in [7, 11) is 0. The molecule has 0 aliphatic heterocycles. The van der Waals surface area contributed by atoms with Crippen LogP contribution in [-0.2, 0) is 9.53 Å². The molecule has 1 aromatic carbocycles. The van der Waals surface area contributed by atoms with E-state index in [0.29, 0.717) is 12.8 Å². The number of aliphatic hydroxyl groups is 2. The lowest BCUT2D eigenvalue weighted by atomic mass is 9.84. The molecule has 1 aliphatic carbocycles. The van der Waals surface area contributed by atoms with E-state index in [0.717, 1.165) is 56.1 Å². The van der Waals surface area contributed by atoms with E-state index in [1.807, 2.05) is 38.1 Å². The zero-order chi connectivity index (χ0) is 23.5. The second-order valence-corrected chi connectivity index (χ2v) is 9.89. The molecule has 0 amide bonds. The number of ether oxygens (including phenoxy) is 1. The highest BCUT2D eigenvalue weighted by Crippen LogP contribution is 2.45. The largest absolute Gasteiger partial charge is 0.463 e. The number of esters is 1. The van der Waals surface area contributed by atoms with Gasteiger partial charge in [0.1, 0.15) is 0 Å². The SMILES string of the molecule is CCCCC[C@H](O)c1ccc([C@@H]2[C@@H](CC=CCCCC(=O)OC(C)C)[C@H](Cl)C[C@H]2O)cc1. The highest BCUT2D eigenvalue weighted by atomic mass is 35.5. The normalized spacial score (nSPS) is 24.3. The number of alkyl halides is 1. The van der Waals surface area contributed by atoms with Gasteiger partial charge in [0.05, 0.1) is 18.3 Å². The van der Waals surface area contributed by atoms with Crippen molar-refractivity contribution in [3.8, 4) is 0 Å². The number of halogens is 1. The molecule has 1 aliphatic rings. The van der Waals surface area contributed by atoms with E-state index in [1.54, 1.807) is 0 Å². The van der Waals surface area contributed by atoms with Crippen molar-refractivity contribution >= 4 is 17.6 Å². The van der Waals surface area contributed by atoms with Crippen LogP contribution in [0.15, 0.2) is 36.4 Å². The summed E-state index contributed by atoms with van der Waals surface area (Å²) in [6, 6.07) is 8.06. The van der Waals surface area contributed by atoms with Gasteiger partial charge in [-0.1, -0.05) is 62.6 Å². The summed E-state index contributed by atoms with van der Waals surface area (Å²) in [5, 5.41) is 21.0. The molecule has 32 heavy (non-hydrogen) atoms. The average Bonchev–Trinajstić information content (AvgIpc) is 3.03. The number of aliphatic hydroxyl groups excluding tert-OH is 2. The minimum Gasteiger partial charge on any atom is -0.463 e. The maximum atomic E-state index is 11.6. The van der Waals surface area contributed by atoms with E-state index in [2.05, 4.69) is 19.1 Å². The van der Waals surface area contributed by atoms with Crippen molar-refractivity contribution in [1.29, 1.82) is 0 Å². The molecule has 1 fully saturated rings. The zero-order valence-corrected chi connectivity index (χ0v) is 20.6. The van der Waals surface area contributed by atoms with Gasteiger partial charge in [0.25, 0.3) is 0 Å². The maximum absolute atomic E-state index is 11.6. The van der Waals surface area contributed by atoms with Crippen molar-refractivity contribution in [3.63, 3.8) is 0 Å². The van der Waals surface area contributed by atoms with Gasteiger partial charge in [-0.25, -0.2) is 0 Å². The van der Waals surface area contributed by atoms with Crippen LogP contribution in [0, 0.1) is 5.92 Å². The Morgan fingerprint density at radius 3 is 2.56 bits per heavy atom. The maximum Gasteiger partial charge on any atom is 0.306 e. The lowest BCUT2D eigenvalue weighted by Gasteiger charge is -2.23. The van der Waals surface area contributed by atoms with Gasteiger partial charge < -0.3 is 14.9 Å². The topological polar surface area (TPSA) is 66.8 Å². The van der Waals surface area contributed by atoms with Crippen LogP contribution in [-0.4, -0.2) is 33.8 Å². The van der Waals surface area contributed by atoms with Crippen LogP contribution in [0.2, 0.25) is 0 Å². The number of benzene rings is 1. The fraction of sp³-hybridized carbons (Fsp3) is 0.667. The highest BCUT2D eigenvalue weighted by Gasteiger charge is 2.41. The molecule has 4 nitrogen and oxygen atoms in total. The van der Waals surface area contributed by atoms with E-state index >= 15 is 0 Å². The Hall–Kier alpha value is -1.36. The molecule has 5 heteroatoms. The number of hydrogen-bond acceptors (Lipinski definition) is 4. The molecule has 1 saturated carbocycles. The van der Waals surface area contributed by atoms with E-state index in [1.165, 1.54) is 0 Å². The van der Waals surface area contributed by atoms with Gasteiger partial charge in [0.2, 0.25) is 0 Å². The standard InChI is InChI=1S/C27H41ClO4/c1-4-5-8-12-24(29)20-14-16-21(17-15-20)27-22(23(28)18-25(27)30)11-9-6-7-10-13-26(31)32-19(2)3/h6,9,14-17,19,22-25,27,29-30H,4-5,7-8,10-13,18H2,1-3H3/t22-,23+,24-,25+,27+/m0/s1. The Labute approximate surface area is 199 Å². The molecular weight excluding hydrogens is 424 g/mol. The summed E-state index contributed by atoms with van der Waals surface area (Å²) in [4.78, 5) is 11.6. The Morgan fingerprint density at radius 2 is 1.91 bits per heavy atom. The van der Waals surface area contributed by atoms with Crippen LogP contribution >= 0.6 is 11.6 Å². The summed E-state index contributed by atoms with van der Waals surface area (Å²) in [6.45, 7) is 5.87. The first-order valence-electron chi connectivity index (χ1n) is 12.3. The Balaban J connectivity index is 1.89. The van der Waals surface area contributed by atoms with Crippen molar-refractivity contribution in [2.24, 2.45) is 5.92 Å². The summed E-state index contributed by atoms with van der Waals surface area (Å²) in [5.41, 5.74) is 2.02. The molecule has 0 bridgehead atoms. The number of carbonyl (C=O) groups is 1. The molecular formula is C27H41ClO4. The first-order chi connectivity index (χ1) is 15.3. The summed E-state index contributed by atoms with van der Waals surface area (Å²) < 4.78 is 5.15. The van der Waals surface area contributed by atoms with E-state index in [9.17, 15) is 15.0 Å².